The number of fused-ring (bicyclic) bond motifs is 5. The number of hydrogen-bond donors (Lipinski definition) is 1. The zero-order valence-corrected chi connectivity index (χ0v) is 25.2. The van der Waals surface area contributed by atoms with Crippen molar-refractivity contribution < 1.29 is 4.43 Å². The predicted molar refractivity (Wildman–Crippen MR) is 163 cm³/mol. The maximum absolute atomic E-state index is 13.8. The van der Waals surface area contributed by atoms with Crippen LogP contribution in [0, 0.1) is 0 Å². The van der Waals surface area contributed by atoms with Crippen LogP contribution in [0.4, 0.5) is 11.6 Å². The predicted octanol–water partition coefficient (Wildman–Crippen LogP) is 5.35. The second-order valence-electron chi connectivity index (χ2n) is 12.3. The minimum absolute atomic E-state index is 0.112. The third kappa shape index (κ3) is 4.69. The van der Waals surface area contributed by atoms with E-state index in [1.165, 1.54) is 11.1 Å². The number of likely N-dealkylation sites (N-methyl/N-ethyl adjacent to an activating group) is 1. The molecule has 10 heteroatoms. The van der Waals surface area contributed by atoms with Crippen molar-refractivity contribution in [1.29, 1.82) is 0 Å². The summed E-state index contributed by atoms with van der Waals surface area (Å²) in [4.78, 5) is 30.2. The van der Waals surface area contributed by atoms with Crippen molar-refractivity contribution in [1.82, 2.24) is 29.0 Å². The molecule has 3 aromatic heterocycles. The Morgan fingerprint density at radius 1 is 1.05 bits per heavy atom. The van der Waals surface area contributed by atoms with Gasteiger partial charge in [0.05, 0.1) is 18.7 Å². The van der Waals surface area contributed by atoms with E-state index in [-0.39, 0.29) is 10.6 Å². The largest absolute Gasteiger partial charge is 0.415 e. The van der Waals surface area contributed by atoms with E-state index >= 15 is 0 Å². The van der Waals surface area contributed by atoms with Gasteiger partial charge in [-0.3, -0.25) is 9.48 Å². The van der Waals surface area contributed by atoms with Crippen molar-refractivity contribution >= 4 is 47.5 Å². The van der Waals surface area contributed by atoms with Crippen molar-refractivity contribution in [2.45, 2.75) is 58.4 Å². The van der Waals surface area contributed by atoms with Gasteiger partial charge in [-0.2, -0.15) is 9.50 Å². The van der Waals surface area contributed by atoms with E-state index in [4.69, 9.17) is 9.41 Å². The van der Waals surface area contributed by atoms with E-state index in [9.17, 15) is 4.79 Å². The summed E-state index contributed by atoms with van der Waals surface area (Å²) in [6.45, 7) is 14.2. The highest BCUT2D eigenvalue weighted by atomic mass is 28.4. The first-order valence-electron chi connectivity index (χ1n) is 13.9. The molecule has 0 radical (unpaired) electrons. The van der Waals surface area contributed by atoms with E-state index in [0.717, 1.165) is 36.1 Å². The molecule has 0 fully saturated rings. The van der Waals surface area contributed by atoms with Gasteiger partial charge in [-0.25, -0.2) is 9.97 Å². The SMILES string of the molecule is CN1CCc2cc(Nc3ncc4c(=O)n5c(nc4n3)c3ccccc3n5CCO[Si](C)(C)C(C)(C)C)ccc2C1. The zero-order chi connectivity index (χ0) is 28.2. The van der Waals surface area contributed by atoms with Crippen LogP contribution in [0.3, 0.4) is 0 Å². The molecule has 1 N–H and O–H groups in total. The second kappa shape index (κ2) is 9.79. The Morgan fingerprint density at radius 3 is 2.65 bits per heavy atom. The summed E-state index contributed by atoms with van der Waals surface area (Å²) in [5.74, 6) is 0.420. The Morgan fingerprint density at radius 2 is 1.85 bits per heavy atom. The molecule has 0 spiro atoms. The molecule has 1 aliphatic rings. The summed E-state index contributed by atoms with van der Waals surface area (Å²) in [6.07, 6.45) is 2.59. The van der Waals surface area contributed by atoms with Gasteiger partial charge in [-0.1, -0.05) is 39.0 Å². The molecule has 0 saturated carbocycles. The molecule has 4 heterocycles. The van der Waals surface area contributed by atoms with Crippen molar-refractivity contribution in [3.8, 4) is 0 Å². The van der Waals surface area contributed by atoms with Crippen molar-refractivity contribution in [3.63, 3.8) is 0 Å². The maximum atomic E-state index is 13.8. The zero-order valence-electron chi connectivity index (χ0n) is 24.2. The summed E-state index contributed by atoms with van der Waals surface area (Å²) in [5, 5.41) is 4.72. The molecule has 5 aromatic rings. The fourth-order valence-corrected chi connectivity index (χ4v) is 6.18. The van der Waals surface area contributed by atoms with Gasteiger partial charge >= 0.3 is 0 Å². The third-order valence-electron chi connectivity index (χ3n) is 8.51. The number of nitrogens with zero attached hydrogens (tertiary/aromatic N) is 6. The van der Waals surface area contributed by atoms with Crippen LogP contribution in [0.5, 0.6) is 0 Å². The minimum atomic E-state index is -1.93. The molecule has 0 aliphatic carbocycles. The molecule has 2 aromatic carbocycles. The number of rotatable bonds is 6. The highest BCUT2D eigenvalue weighted by molar-refractivity contribution is 6.74. The average Bonchev–Trinajstić information content (AvgIpc) is 3.22. The second-order valence-corrected chi connectivity index (χ2v) is 17.1. The average molecular weight is 556 g/mol. The van der Waals surface area contributed by atoms with Crippen LogP contribution in [0.15, 0.2) is 53.5 Å². The summed E-state index contributed by atoms with van der Waals surface area (Å²) in [6, 6.07) is 14.3. The fraction of sp³-hybridized carbons (Fsp3) is 0.400. The Kier molecular flexibility index (Phi) is 6.51. The van der Waals surface area contributed by atoms with Crippen LogP contribution in [0.2, 0.25) is 18.1 Å². The van der Waals surface area contributed by atoms with Gasteiger partial charge in [-0.15, -0.1) is 0 Å². The van der Waals surface area contributed by atoms with Crippen LogP contribution in [0.1, 0.15) is 31.9 Å². The molecule has 0 atom stereocenters. The molecule has 0 unspecified atom stereocenters. The third-order valence-corrected chi connectivity index (χ3v) is 13.0. The van der Waals surface area contributed by atoms with Crippen LogP contribution < -0.4 is 10.9 Å². The minimum Gasteiger partial charge on any atom is -0.415 e. The van der Waals surface area contributed by atoms with Gasteiger partial charge in [-0.05, 0) is 67.0 Å². The summed E-state index contributed by atoms with van der Waals surface area (Å²) in [7, 11) is 0.218. The van der Waals surface area contributed by atoms with Gasteiger partial charge in [0.15, 0.2) is 19.6 Å². The monoisotopic (exact) mass is 555 g/mol. The van der Waals surface area contributed by atoms with Crippen LogP contribution >= 0.6 is 0 Å². The lowest BCUT2D eigenvalue weighted by atomic mass is 9.99. The lowest BCUT2D eigenvalue weighted by molar-refractivity contribution is 0.265. The molecule has 9 nitrogen and oxygen atoms in total. The molecular formula is C30H37N7O2Si. The van der Waals surface area contributed by atoms with Crippen LogP contribution in [-0.4, -0.2) is 57.6 Å². The van der Waals surface area contributed by atoms with Crippen LogP contribution in [-0.2, 0) is 23.9 Å². The smallest absolute Gasteiger partial charge is 0.283 e. The molecule has 0 bridgehead atoms. The summed E-state index contributed by atoms with van der Waals surface area (Å²) < 4.78 is 10.1. The quantitative estimate of drug-likeness (QED) is 0.283. The van der Waals surface area contributed by atoms with Gasteiger partial charge in [0.25, 0.3) is 5.56 Å². The van der Waals surface area contributed by atoms with E-state index in [0.29, 0.717) is 35.8 Å². The lowest BCUT2D eigenvalue weighted by Crippen LogP contribution is -2.41. The Balaban J connectivity index is 1.36. The number of para-hydroxylation sites is 1. The number of aromatic nitrogens is 5. The highest BCUT2D eigenvalue weighted by Gasteiger charge is 2.37. The van der Waals surface area contributed by atoms with E-state index < -0.39 is 8.32 Å². The van der Waals surface area contributed by atoms with Crippen LogP contribution in [0.25, 0.3) is 27.6 Å². The first kappa shape index (κ1) is 26.6. The van der Waals surface area contributed by atoms with Crippen molar-refractivity contribution in [3.05, 3.63) is 70.1 Å². The van der Waals surface area contributed by atoms with E-state index in [1.807, 2.05) is 28.9 Å². The van der Waals surface area contributed by atoms with Crippen molar-refractivity contribution in [2.75, 3.05) is 25.5 Å². The molecule has 208 valence electrons. The molecule has 40 heavy (non-hydrogen) atoms. The van der Waals surface area contributed by atoms with Gasteiger partial charge < -0.3 is 14.6 Å². The van der Waals surface area contributed by atoms with E-state index in [1.54, 1.807) is 10.7 Å². The Hall–Kier alpha value is -3.60. The molecular weight excluding hydrogens is 518 g/mol. The molecule has 0 amide bonds. The Bertz CT molecular complexity index is 1800. The standard InChI is InChI=1S/C30H37N7O2Si/c1-30(2,3)40(5,6)39-16-15-36-25-10-8-7-9-23(25)27-33-26-24(28(38)37(27)36)18-31-29(34-26)32-22-12-11-21-19-35(4)14-13-20(21)17-22/h7-12,17-18H,13-16,19H2,1-6H3,(H,31,32,34). The first-order valence-corrected chi connectivity index (χ1v) is 16.8. The highest BCUT2D eigenvalue weighted by Crippen LogP contribution is 2.36. The fourth-order valence-electron chi connectivity index (χ4n) is 5.15. The number of benzene rings is 2. The number of nitrogens with one attached hydrogen (secondary N) is 1. The normalized spacial score (nSPS) is 14.8. The van der Waals surface area contributed by atoms with Gasteiger partial charge in [0.1, 0.15) is 5.39 Å². The van der Waals surface area contributed by atoms with Gasteiger partial charge in [0.2, 0.25) is 5.95 Å². The number of hydrogen-bond acceptors (Lipinski definition) is 7. The first-order chi connectivity index (χ1) is 19.0. The van der Waals surface area contributed by atoms with E-state index in [2.05, 4.69) is 79.3 Å². The molecule has 1 aliphatic heterocycles. The summed E-state index contributed by atoms with van der Waals surface area (Å²) in [5.41, 5.74) is 5.33. The Labute approximate surface area is 234 Å². The van der Waals surface area contributed by atoms with Gasteiger partial charge in [0, 0.05) is 30.4 Å². The molecule has 6 rings (SSSR count). The summed E-state index contributed by atoms with van der Waals surface area (Å²) >= 11 is 0. The number of anilines is 2. The van der Waals surface area contributed by atoms with Crippen molar-refractivity contribution in [2.24, 2.45) is 0 Å². The molecule has 0 saturated heterocycles. The lowest BCUT2D eigenvalue weighted by Gasteiger charge is -2.36. The topological polar surface area (TPSA) is 89.6 Å². The maximum Gasteiger partial charge on any atom is 0.283 e.